The summed E-state index contributed by atoms with van der Waals surface area (Å²) in [5, 5.41) is 0. The van der Waals surface area contributed by atoms with Crippen LogP contribution < -0.4 is 5.56 Å². The Hall–Kier alpha value is -2.19. The number of nitrogens with zero attached hydrogens (tertiary/aromatic N) is 1. The van der Waals surface area contributed by atoms with Crippen LogP contribution in [0.25, 0.3) is 0 Å². The van der Waals surface area contributed by atoms with Crippen molar-refractivity contribution in [2.24, 2.45) is 0 Å². The minimum Gasteiger partial charge on any atom is -0.465 e. The predicted molar refractivity (Wildman–Crippen MR) is 76.2 cm³/mol. The monoisotopic (exact) mass is 323 g/mol. The number of rotatable bonds is 2. The van der Waals surface area contributed by atoms with E-state index in [4.69, 9.17) is 14.2 Å². The number of hydrogen-bond acceptors (Lipinski definition) is 7. The molecule has 3 rings (SSSR count). The van der Waals surface area contributed by atoms with Crippen LogP contribution in [-0.4, -0.2) is 42.6 Å². The van der Waals surface area contributed by atoms with Gasteiger partial charge in [-0.25, -0.2) is 9.59 Å². The van der Waals surface area contributed by atoms with E-state index in [0.29, 0.717) is 5.69 Å². The van der Waals surface area contributed by atoms with Gasteiger partial charge in [-0.2, -0.15) is 0 Å². The van der Waals surface area contributed by atoms with Crippen LogP contribution in [0, 0.1) is 0 Å². The van der Waals surface area contributed by atoms with Crippen molar-refractivity contribution in [2.75, 3.05) is 14.2 Å². The average molecular weight is 323 g/mol. The number of methoxy groups -OCH3 is 2. The molecule has 2 aliphatic heterocycles. The molecule has 0 aromatic carbocycles. The summed E-state index contributed by atoms with van der Waals surface area (Å²) in [6.07, 6.45) is -1.04. The maximum absolute atomic E-state index is 12.3. The van der Waals surface area contributed by atoms with Crippen LogP contribution in [0.15, 0.2) is 10.9 Å². The fourth-order valence-electron chi connectivity index (χ4n) is 3.12. The number of carbonyl (C=O) groups excluding carboxylic acids is 2. The minimum absolute atomic E-state index is 0.0206. The van der Waals surface area contributed by atoms with Gasteiger partial charge in [0.1, 0.15) is 12.2 Å². The Labute approximate surface area is 131 Å². The maximum Gasteiger partial charge on any atom is 0.340 e. The first-order chi connectivity index (χ1) is 10.8. The second kappa shape index (κ2) is 5.17. The van der Waals surface area contributed by atoms with Gasteiger partial charge in [0.2, 0.25) is 0 Å². The molecule has 8 nitrogen and oxygen atoms in total. The molecule has 0 amide bonds. The largest absolute Gasteiger partial charge is 0.465 e. The van der Waals surface area contributed by atoms with Crippen molar-refractivity contribution < 1.29 is 28.5 Å². The van der Waals surface area contributed by atoms with Crippen molar-refractivity contribution >= 4 is 11.9 Å². The van der Waals surface area contributed by atoms with Crippen molar-refractivity contribution in [2.45, 2.75) is 38.4 Å². The van der Waals surface area contributed by atoms with Gasteiger partial charge >= 0.3 is 11.9 Å². The van der Waals surface area contributed by atoms with E-state index in [9.17, 15) is 14.4 Å². The maximum atomic E-state index is 12.3. The highest BCUT2D eigenvalue weighted by atomic mass is 16.8. The molecule has 3 heterocycles. The van der Waals surface area contributed by atoms with Gasteiger partial charge < -0.3 is 23.5 Å². The van der Waals surface area contributed by atoms with E-state index in [-0.39, 0.29) is 17.7 Å². The first-order valence-corrected chi connectivity index (χ1v) is 7.09. The zero-order chi connectivity index (χ0) is 16.9. The van der Waals surface area contributed by atoms with Gasteiger partial charge in [0, 0.05) is 6.07 Å². The lowest BCUT2D eigenvalue weighted by Crippen LogP contribution is -2.30. The van der Waals surface area contributed by atoms with Gasteiger partial charge in [-0.15, -0.1) is 0 Å². The number of ether oxygens (including phenoxy) is 4. The quantitative estimate of drug-likeness (QED) is 0.737. The van der Waals surface area contributed by atoms with E-state index in [2.05, 4.69) is 4.74 Å². The van der Waals surface area contributed by atoms with E-state index in [1.807, 2.05) is 0 Å². The number of pyridine rings is 1. The lowest BCUT2D eigenvalue weighted by Gasteiger charge is -2.20. The molecule has 0 unspecified atom stereocenters. The third-order valence-corrected chi connectivity index (χ3v) is 3.96. The summed E-state index contributed by atoms with van der Waals surface area (Å²) in [5.74, 6) is -2.36. The lowest BCUT2D eigenvalue weighted by atomic mass is 10.0. The molecule has 0 N–H and O–H groups in total. The Morgan fingerprint density at radius 2 is 1.87 bits per heavy atom. The number of aromatic nitrogens is 1. The number of fused-ring (bicyclic) bond motifs is 3. The number of hydrogen-bond donors (Lipinski definition) is 0. The molecule has 0 bridgehead atoms. The van der Waals surface area contributed by atoms with Crippen molar-refractivity contribution in [1.29, 1.82) is 0 Å². The molecule has 0 radical (unpaired) electrons. The highest BCUT2D eigenvalue weighted by molar-refractivity contribution is 6.04. The Morgan fingerprint density at radius 1 is 1.22 bits per heavy atom. The molecule has 8 heteroatoms. The summed E-state index contributed by atoms with van der Waals surface area (Å²) in [4.78, 5) is 36.5. The summed E-state index contributed by atoms with van der Waals surface area (Å²) in [5.41, 5.74) is -0.287. The van der Waals surface area contributed by atoms with Gasteiger partial charge in [-0.1, -0.05) is 0 Å². The molecule has 0 saturated carbocycles. The smallest absolute Gasteiger partial charge is 0.340 e. The van der Waals surface area contributed by atoms with E-state index in [1.54, 1.807) is 13.8 Å². The molecule has 1 aromatic heterocycles. The number of esters is 2. The summed E-state index contributed by atoms with van der Waals surface area (Å²) in [6.45, 7) is 3.74. The van der Waals surface area contributed by atoms with Gasteiger partial charge in [0.25, 0.3) is 5.56 Å². The first kappa shape index (κ1) is 15.7. The Morgan fingerprint density at radius 3 is 2.48 bits per heavy atom. The van der Waals surface area contributed by atoms with Crippen LogP contribution in [0.3, 0.4) is 0 Å². The summed E-state index contributed by atoms with van der Waals surface area (Å²) >= 11 is 0. The zero-order valence-electron chi connectivity index (χ0n) is 13.2. The standard InChI is InChI=1S/C15H17NO7/c1-15(2)22-8-6-16-9(17)5-7(13(18)20-3)10(14(19)21-4)11(16)12(8)23-15/h5,8,12H,6H2,1-4H3/t8-,12-/m1/s1. The first-order valence-electron chi connectivity index (χ1n) is 7.09. The van der Waals surface area contributed by atoms with Gasteiger partial charge in [-0.05, 0) is 13.8 Å². The van der Waals surface area contributed by atoms with E-state index in [1.165, 1.54) is 18.8 Å². The molecule has 1 fully saturated rings. The second-order valence-corrected chi connectivity index (χ2v) is 5.84. The van der Waals surface area contributed by atoms with Crippen LogP contribution >= 0.6 is 0 Å². The van der Waals surface area contributed by atoms with Gasteiger partial charge in [-0.3, -0.25) is 4.79 Å². The van der Waals surface area contributed by atoms with E-state index < -0.39 is 35.5 Å². The molecule has 2 aliphatic rings. The van der Waals surface area contributed by atoms with Crippen LogP contribution in [0.1, 0.15) is 46.4 Å². The summed E-state index contributed by atoms with van der Waals surface area (Å²) < 4.78 is 22.4. The summed E-state index contributed by atoms with van der Waals surface area (Å²) in [6, 6.07) is 1.08. The SMILES string of the molecule is COC(=O)c1cc(=O)n2c(c1C(=O)OC)[C@@H]1OC(C)(C)O[C@@H]1C2. The highest BCUT2D eigenvalue weighted by Crippen LogP contribution is 2.44. The van der Waals surface area contributed by atoms with E-state index in [0.717, 1.165) is 6.07 Å². The third kappa shape index (κ3) is 2.34. The van der Waals surface area contributed by atoms with Gasteiger partial charge in [0.15, 0.2) is 5.79 Å². The molecule has 124 valence electrons. The zero-order valence-corrected chi connectivity index (χ0v) is 13.2. The normalized spacial score (nSPS) is 24.0. The lowest BCUT2D eigenvalue weighted by molar-refractivity contribution is -0.151. The van der Waals surface area contributed by atoms with Crippen LogP contribution in [-0.2, 0) is 25.5 Å². The molecule has 23 heavy (non-hydrogen) atoms. The Bertz CT molecular complexity index is 749. The molecular formula is C15H17NO7. The molecule has 1 aromatic rings. The summed E-state index contributed by atoms with van der Waals surface area (Å²) in [7, 11) is 2.38. The molecule has 0 spiro atoms. The third-order valence-electron chi connectivity index (χ3n) is 3.96. The molecular weight excluding hydrogens is 306 g/mol. The van der Waals surface area contributed by atoms with Crippen LogP contribution in [0.4, 0.5) is 0 Å². The number of carbonyl (C=O) groups is 2. The van der Waals surface area contributed by atoms with Crippen molar-refractivity contribution in [3.05, 3.63) is 33.2 Å². The predicted octanol–water partition coefficient (Wildman–Crippen LogP) is 0.628. The van der Waals surface area contributed by atoms with Crippen molar-refractivity contribution in [3.8, 4) is 0 Å². The Balaban J connectivity index is 2.25. The minimum atomic E-state index is -0.842. The average Bonchev–Trinajstić information content (AvgIpc) is 2.98. The fourth-order valence-corrected chi connectivity index (χ4v) is 3.12. The van der Waals surface area contributed by atoms with Crippen molar-refractivity contribution in [1.82, 2.24) is 4.57 Å². The molecule has 2 atom stereocenters. The van der Waals surface area contributed by atoms with E-state index >= 15 is 0 Å². The fraction of sp³-hybridized carbons (Fsp3) is 0.533. The Kier molecular flexibility index (Phi) is 3.53. The van der Waals surface area contributed by atoms with Crippen LogP contribution in [0.5, 0.6) is 0 Å². The van der Waals surface area contributed by atoms with Gasteiger partial charge in [0.05, 0.1) is 37.6 Å². The second-order valence-electron chi connectivity index (χ2n) is 5.84. The van der Waals surface area contributed by atoms with Crippen LogP contribution in [0.2, 0.25) is 0 Å². The topological polar surface area (TPSA) is 93.1 Å². The van der Waals surface area contributed by atoms with Crippen molar-refractivity contribution in [3.63, 3.8) is 0 Å². The highest BCUT2D eigenvalue weighted by Gasteiger charge is 2.50. The molecule has 0 aliphatic carbocycles. The molecule has 1 saturated heterocycles.